The van der Waals surface area contributed by atoms with Crippen LogP contribution >= 0.6 is 11.6 Å². The highest BCUT2D eigenvalue weighted by Crippen LogP contribution is 2.29. The summed E-state index contributed by atoms with van der Waals surface area (Å²) >= 11 is 5.89. The molecule has 6 nitrogen and oxygen atoms in total. The molecular weight excluding hydrogens is 394 g/mol. The van der Waals surface area contributed by atoms with Gasteiger partial charge in [0.15, 0.2) is 18.1 Å². The van der Waals surface area contributed by atoms with E-state index in [9.17, 15) is 9.59 Å². The lowest BCUT2D eigenvalue weighted by atomic mass is 10.2. The van der Waals surface area contributed by atoms with Gasteiger partial charge in [-0.1, -0.05) is 17.7 Å². The standard InChI is InChI=1S/C22H24ClNO5/c1-4-27-19-10-6-16(13-20(19)28-5-2)7-11-22(26)29-14-21(25)24-18-9-8-17(23)12-15(18)3/h6-13H,4-5,14H2,1-3H3,(H,24,25). The van der Waals surface area contributed by atoms with E-state index < -0.39 is 18.5 Å². The number of aryl methyl sites for hydroxylation is 1. The maximum Gasteiger partial charge on any atom is 0.331 e. The van der Waals surface area contributed by atoms with Crippen molar-refractivity contribution in [3.8, 4) is 11.5 Å². The highest BCUT2D eigenvalue weighted by atomic mass is 35.5. The maximum absolute atomic E-state index is 12.0. The minimum Gasteiger partial charge on any atom is -0.490 e. The van der Waals surface area contributed by atoms with Crippen LogP contribution in [-0.4, -0.2) is 31.7 Å². The Morgan fingerprint density at radius 3 is 2.45 bits per heavy atom. The number of hydrogen-bond acceptors (Lipinski definition) is 5. The van der Waals surface area contributed by atoms with Crippen LogP contribution < -0.4 is 14.8 Å². The third-order valence-corrected chi connectivity index (χ3v) is 4.02. The number of amides is 1. The minimum atomic E-state index is -0.625. The van der Waals surface area contributed by atoms with Gasteiger partial charge in [0.05, 0.1) is 13.2 Å². The van der Waals surface area contributed by atoms with Crippen molar-refractivity contribution in [3.63, 3.8) is 0 Å². The molecule has 2 aromatic carbocycles. The number of benzene rings is 2. The van der Waals surface area contributed by atoms with Crippen molar-refractivity contribution < 1.29 is 23.8 Å². The lowest BCUT2D eigenvalue weighted by Gasteiger charge is -2.11. The van der Waals surface area contributed by atoms with Crippen LogP contribution in [0.4, 0.5) is 5.69 Å². The highest BCUT2D eigenvalue weighted by Gasteiger charge is 2.08. The summed E-state index contributed by atoms with van der Waals surface area (Å²) in [6.45, 7) is 6.23. The Morgan fingerprint density at radius 2 is 1.76 bits per heavy atom. The number of ether oxygens (including phenoxy) is 3. The van der Waals surface area contributed by atoms with E-state index in [0.29, 0.717) is 35.4 Å². The minimum absolute atomic E-state index is 0.390. The van der Waals surface area contributed by atoms with Gasteiger partial charge in [0.25, 0.3) is 5.91 Å². The van der Waals surface area contributed by atoms with Crippen molar-refractivity contribution in [2.75, 3.05) is 25.1 Å². The molecule has 0 spiro atoms. The van der Waals surface area contributed by atoms with Crippen LogP contribution in [0.15, 0.2) is 42.5 Å². The fraction of sp³-hybridized carbons (Fsp3) is 0.273. The van der Waals surface area contributed by atoms with Crippen molar-refractivity contribution in [1.29, 1.82) is 0 Å². The fourth-order valence-electron chi connectivity index (χ4n) is 2.47. The molecule has 0 fully saturated rings. The summed E-state index contributed by atoms with van der Waals surface area (Å²) in [6, 6.07) is 10.5. The summed E-state index contributed by atoms with van der Waals surface area (Å²) in [7, 11) is 0. The monoisotopic (exact) mass is 417 g/mol. The molecule has 2 rings (SSSR count). The van der Waals surface area contributed by atoms with Crippen LogP contribution in [0.3, 0.4) is 0 Å². The van der Waals surface area contributed by atoms with Gasteiger partial charge >= 0.3 is 5.97 Å². The zero-order chi connectivity index (χ0) is 21.2. The van der Waals surface area contributed by atoms with E-state index in [1.54, 1.807) is 42.5 Å². The molecule has 0 aliphatic heterocycles. The molecule has 2 aromatic rings. The van der Waals surface area contributed by atoms with E-state index in [1.807, 2.05) is 20.8 Å². The van der Waals surface area contributed by atoms with Crippen LogP contribution in [-0.2, 0) is 14.3 Å². The molecule has 0 saturated heterocycles. The maximum atomic E-state index is 12.0. The van der Waals surface area contributed by atoms with Gasteiger partial charge in [-0.15, -0.1) is 0 Å². The largest absolute Gasteiger partial charge is 0.490 e. The van der Waals surface area contributed by atoms with Crippen LogP contribution in [0.5, 0.6) is 11.5 Å². The van der Waals surface area contributed by atoms with E-state index in [1.165, 1.54) is 6.08 Å². The Hall–Kier alpha value is -2.99. The molecule has 0 radical (unpaired) electrons. The average Bonchev–Trinajstić information content (AvgIpc) is 2.69. The number of esters is 1. The zero-order valence-corrected chi connectivity index (χ0v) is 17.4. The second-order valence-electron chi connectivity index (χ2n) is 6.02. The first-order valence-electron chi connectivity index (χ1n) is 9.23. The summed E-state index contributed by atoms with van der Waals surface area (Å²) in [5.74, 6) is 0.183. The number of carbonyl (C=O) groups excluding carboxylic acids is 2. The van der Waals surface area contributed by atoms with E-state index in [4.69, 9.17) is 25.8 Å². The van der Waals surface area contributed by atoms with Crippen LogP contribution in [0.25, 0.3) is 6.08 Å². The van der Waals surface area contributed by atoms with Gasteiger partial charge in [-0.2, -0.15) is 0 Å². The molecule has 0 saturated carbocycles. The molecule has 154 valence electrons. The molecule has 0 aromatic heterocycles. The van der Waals surface area contributed by atoms with Crippen molar-refractivity contribution in [1.82, 2.24) is 0 Å². The lowest BCUT2D eigenvalue weighted by Crippen LogP contribution is -2.20. The number of halogens is 1. The van der Waals surface area contributed by atoms with Gasteiger partial charge in [-0.25, -0.2) is 4.79 Å². The van der Waals surface area contributed by atoms with Gasteiger partial charge in [0, 0.05) is 16.8 Å². The van der Waals surface area contributed by atoms with Crippen LogP contribution in [0.1, 0.15) is 25.0 Å². The molecule has 1 N–H and O–H groups in total. The Kier molecular flexibility index (Phi) is 8.55. The number of rotatable bonds is 9. The molecule has 0 atom stereocenters. The van der Waals surface area contributed by atoms with E-state index in [-0.39, 0.29) is 0 Å². The van der Waals surface area contributed by atoms with Gasteiger partial charge in [0.2, 0.25) is 0 Å². The fourth-order valence-corrected chi connectivity index (χ4v) is 2.70. The quantitative estimate of drug-likeness (QED) is 0.475. The van der Waals surface area contributed by atoms with Crippen LogP contribution in [0, 0.1) is 6.92 Å². The molecule has 1 amide bonds. The molecular formula is C22H24ClNO5. The Balaban J connectivity index is 1.90. The van der Waals surface area contributed by atoms with Crippen molar-refractivity contribution in [3.05, 3.63) is 58.6 Å². The first-order chi connectivity index (χ1) is 13.9. The number of hydrogen-bond donors (Lipinski definition) is 1. The van der Waals surface area contributed by atoms with Gasteiger partial charge in [-0.05, 0) is 68.3 Å². The topological polar surface area (TPSA) is 73.9 Å². The molecule has 0 heterocycles. The van der Waals surface area contributed by atoms with Gasteiger partial charge in [-0.3, -0.25) is 4.79 Å². The Bertz CT molecular complexity index is 895. The summed E-state index contributed by atoms with van der Waals surface area (Å²) in [4.78, 5) is 23.9. The highest BCUT2D eigenvalue weighted by molar-refractivity contribution is 6.30. The van der Waals surface area contributed by atoms with Crippen molar-refractivity contribution in [2.24, 2.45) is 0 Å². The Labute approximate surface area is 175 Å². The average molecular weight is 418 g/mol. The van der Waals surface area contributed by atoms with Crippen molar-refractivity contribution in [2.45, 2.75) is 20.8 Å². The summed E-state index contributed by atoms with van der Waals surface area (Å²) in [5, 5.41) is 3.26. The van der Waals surface area contributed by atoms with Crippen LogP contribution in [0.2, 0.25) is 5.02 Å². The molecule has 0 aliphatic rings. The van der Waals surface area contributed by atoms with Crippen molar-refractivity contribution >= 4 is 35.2 Å². The predicted molar refractivity (Wildman–Crippen MR) is 114 cm³/mol. The van der Waals surface area contributed by atoms with E-state index in [2.05, 4.69) is 5.32 Å². The van der Waals surface area contributed by atoms with E-state index >= 15 is 0 Å². The first kappa shape index (κ1) is 22.3. The third kappa shape index (κ3) is 7.16. The smallest absolute Gasteiger partial charge is 0.331 e. The second kappa shape index (κ2) is 11.1. The zero-order valence-electron chi connectivity index (χ0n) is 16.7. The van der Waals surface area contributed by atoms with E-state index in [0.717, 1.165) is 11.1 Å². The summed E-state index contributed by atoms with van der Waals surface area (Å²) < 4.78 is 16.0. The first-order valence-corrected chi connectivity index (χ1v) is 9.61. The number of nitrogens with one attached hydrogen (secondary N) is 1. The molecule has 29 heavy (non-hydrogen) atoms. The lowest BCUT2D eigenvalue weighted by molar-refractivity contribution is -0.142. The number of carbonyl (C=O) groups is 2. The molecule has 0 unspecified atom stereocenters. The molecule has 0 bridgehead atoms. The predicted octanol–water partition coefficient (Wildman–Crippen LogP) is 4.64. The van der Waals surface area contributed by atoms with Gasteiger partial charge < -0.3 is 19.5 Å². The SMILES string of the molecule is CCOc1ccc(C=CC(=O)OCC(=O)Nc2ccc(Cl)cc2C)cc1OCC. The Morgan fingerprint density at radius 1 is 1.03 bits per heavy atom. The molecule has 0 aliphatic carbocycles. The second-order valence-corrected chi connectivity index (χ2v) is 6.46. The third-order valence-electron chi connectivity index (χ3n) is 3.79. The summed E-state index contributed by atoms with van der Waals surface area (Å²) in [6.07, 6.45) is 2.84. The van der Waals surface area contributed by atoms with Gasteiger partial charge in [0.1, 0.15) is 0 Å². The summed E-state index contributed by atoms with van der Waals surface area (Å²) in [5.41, 5.74) is 2.18. The number of anilines is 1. The normalized spacial score (nSPS) is 10.6. The molecule has 7 heteroatoms.